The molecule has 1 saturated heterocycles. The van der Waals surface area contributed by atoms with Crippen molar-refractivity contribution in [2.75, 3.05) is 6.54 Å². The Bertz CT molecular complexity index is 1490. The zero-order chi connectivity index (χ0) is 29.1. The molecule has 0 bridgehead atoms. The average Bonchev–Trinajstić information content (AvgIpc) is 3.38. The van der Waals surface area contributed by atoms with E-state index in [1.807, 2.05) is 49.6 Å². The lowest BCUT2D eigenvalue weighted by Gasteiger charge is -2.38. The lowest BCUT2D eigenvalue weighted by molar-refractivity contribution is -0.000908. The molecule has 0 saturated carbocycles. The van der Waals surface area contributed by atoms with E-state index in [2.05, 4.69) is 18.8 Å². The lowest BCUT2D eigenvalue weighted by Crippen LogP contribution is -2.44. The van der Waals surface area contributed by atoms with Crippen LogP contribution in [0, 0.1) is 5.82 Å². The third kappa shape index (κ3) is 6.56. The van der Waals surface area contributed by atoms with Gasteiger partial charge in [0.15, 0.2) is 0 Å². The van der Waals surface area contributed by atoms with Crippen molar-refractivity contribution in [1.29, 1.82) is 0 Å². The molecule has 4 aromatic rings. The first kappa shape index (κ1) is 28.3. The van der Waals surface area contributed by atoms with Crippen LogP contribution in [-0.4, -0.2) is 42.7 Å². The van der Waals surface area contributed by atoms with Gasteiger partial charge >= 0.3 is 12.1 Å². The van der Waals surface area contributed by atoms with Crippen molar-refractivity contribution in [3.8, 4) is 34.4 Å². The first-order valence-electron chi connectivity index (χ1n) is 14.0. The van der Waals surface area contributed by atoms with Crippen LogP contribution in [-0.2, 0) is 4.74 Å². The fraction of sp³-hybridized carbons (Fsp3) is 0.375. The number of amides is 1. The summed E-state index contributed by atoms with van der Waals surface area (Å²) in [6, 6.07) is 16.0. The van der Waals surface area contributed by atoms with E-state index in [1.165, 1.54) is 17.7 Å². The van der Waals surface area contributed by atoms with Crippen LogP contribution in [0.3, 0.4) is 0 Å². The molecule has 1 amide bonds. The zero-order valence-corrected chi connectivity index (χ0v) is 24.2. The van der Waals surface area contributed by atoms with Crippen LogP contribution < -0.4 is 4.74 Å². The van der Waals surface area contributed by atoms with E-state index in [9.17, 15) is 9.18 Å². The second-order valence-corrected chi connectivity index (χ2v) is 11.6. The Kier molecular flexibility index (Phi) is 8.06. The van der Waals surface area contributed by atoms with Gasteiger partial charge in [0.2, 0.25) is 0 Å². The second kappa shape index (κ2) is 11.7. The molecule has 1 fully saturated rings. The molecule has 2 aromatic carbocycles. The van der Waals surface area contributed by atoms with Crippen molar-refractivity contribution in [3.05, 3.63) is 78.5 Å². The molecule has 9 heteroatoms. The third-order valence-electron chi connectivity index (χ3n) is 6.96. The highest BCUT2D eigenvalue weighted by Gasteiger charge is 2.34. The Hall–Kier alpha value is -4.27. The van der Waals surface area contributed by atoms with Crippen LogP contribution in [0.25, 0.3) is 22.6 Å². The van der Waals surface area contributed by atoms with Gasteiger partial charge in [0.05, 0.1) is 23.4 Å². The topological polar surface area (TPSA) is 82.4 Å². The van der Waals surface area contributed by atoms with Gasteiger partial charge in [-0.05, 0) is 94.0 Å². The van der Waals surface area contributed by atoms with Gasteiger partial charge in [0, 0.05) is 18.3 Å². The van der Waals surface area contributed by atoms with E-state index in [-0.39, 0.29) is 24.1 Å². The molecular weight excluding hydrogens is 521 g/mol. The van der Waals surface area contributed by atoms with Crippen molar-refractivity contribution in [2.45, 2.75) is 71.6 Å². The number of likely N-dealkylation sites (tertiary alicyclic amines) is 1. The Morgan fingerprint density at radius 2 is 1.73 bits per heavy atom. The minimum atomic E-state index is -0.623. The number of rotatable bonds is 6. The number of nitrogens with zero attached hydrogens (tertiary/aromatic N) is 5. The van der Waals surface area contributed by atoms with E-state index in [0.29, 0.717) is 35.3 Å². The van der Waals surface area contributed by atoms with Crippen molar-refractivity contribution in [1.82, 2.24) is 24.4 Å². The summed E-state index contributed by atoms with van der Waals surface area (Å²) >= 11 is 0. The van der Waals surface area contributed by atoms with E-state index in [1.54, 1.807) is 35.6 Å². The van der Waals surface area contributed by atoms with Crippen molar-refractivity contribution in [3.63, 3.8) is 0 Å². The molecule has 0 radical (unpaired) electrons. The molecule has 1 unspecified atom stereocenters. The highest BCUT2D eigenvalue weighted by atomic mass is 19.1. The van der Waals surface area contributed by atoms with Gasteiger partial charge in [-0.3, -0.25) is 4.90 Å². The number of carbonyl (C=O) groups is 1. The molecule has 1 aliphatic heterocycles. The normalized spacial score (nSPS) is 15.7. The fourth-order valence-corrected chi connectivity index (χ4v) is 4.94. The number of benzene rings is 2. The Morgan fingerprint density at radius 1 is 1.00 bits per heavy atom. The van der Waals surface area contributed by atoms with Gasteiger partial charge in [-0.2, -0.15) is 4.98 Å². The lowest BCUT2D eigenvalue weighted by atomic mass is 10.0. The van der Waals surface area contributed by atoms with Crippen LogP contribution in [0.1, 0.15) is 71.5 Å². The Balaban J connectivity index is 1.56. The standard InChI is InChI=1S/C32H36FN5O3/c1-21(2)22-11-15-25(16-12-22)40-30-34-18-17-26(36-30)29-28(23-9-13-24(33)14-10-23)35-20-38(29)27-8-6-7-19-37(27)31(39)41-32(3,4)5/h9-18,20-21,27H,6-8,19H2,1-5H3. The first-order chi connectivity index (χ1) is 19.6. The summed E-state index contributed by atoms with van der Waals surface area (Å²) in [6.45, 7) is 10.4. The highest BCUT2D eigenvalue weighted by Crippen LogP contribution is 2.37. The zero-order valence-electron chi connectivity index (χ0n) is 24.2. The van der Waals surface area contributed by atoms with E-state index in [4.69, 9.17) is 19.4 Å². The number of ether oxygens (including phenoxy) is 2. The second-order valence-electron chi connectivity index (χ2n) is 11.6. The molecule has 0 spiro atoms. The van der Waals surface area contributed by atoms with Crippen LogP contribution >= 0.6 is 0 Å². The minimum absolute atomic E-state index is 0.185. The molecule has 8 nitrogen and oxygen atoms in total. The van der Waals surface area contributed by atoms with Crippen molar-refractivity contribution in [2.24, 2.45) is 0 Å². The summed E-state index contributed by atoms with van der Waals surface area (Å²) < 4.78 is 27.5. The van der Waals surface area contributed by atoms with Crippen LogP contribution in [0.4, 0.5) is 9.18 Å². The number of piperidine rings is 1. The third-order valence-corrected chi connectivity index (χ3v) is 6.96. The van der Waals surface area contributed by atoms with E-state index < -0.39 is 5.60 Å². The molecule has 0 N–H and O–H groups in total. The predicted molar refractivity (Wildman–Crippen MR) is 155 cm³/mol. The van der Waals surface area contributed by atoms with Crippen molar-refractivity contribution >= 4 is 6.09 Å². The maximum absolute atomic E-state index is 13.8. The van der Waals surface area contributed by atoms with Crippen LogP contribution in [0.5, 0.6) is 11.8 Å². The van der Waals surface area contributed by atoms with Gasteiger partial charge in [-0.15, -0.1) is 0 Å². The molecule has 2 aromatic heterocycles. The Morgan fingerprint density at radius 3 is 2.41 bits per heavy atom. The van der Waals surface area contributed by atoms with Gasteiger partial charge in [-0.25, -0.2) is 19.2 Å². The molecule has 1 atom stereocenters. The largest absolute Gasteiger partial charge is 0.444 e. The predicted octanol–water partition coefficient (Wildman–Crippen LogP) is 7.98. The van der Waals surface area contributed by atoms with Gasteiger partial charge in [0.1, 0.15) is 23.3 Å². The van der Waals surface area contributed by atoms with Crippen LogP contribution in [0.15, 0.2) is 67.1 Å². The fourth-order valence-electron chi connectivity index (χ4n) is 4.94. The SMILES string of the molecule is CC(C)c1ccc(Oc2nccc(-c3c(-c4ccc(F)cc4)ncn3C3CCCCN3C(=O)OC(C)(C)C)n2)cc1. The Labute approximate surface area is 240 Å². The summed E-state index contributed by atoms with van der Waals surface area (Å²) in [5, 5.41) is 0. The molecule has 214 valence electrons. The number of aromatic nitrogens is 4. The van der Waals surface area contributed by atoms with Gasteiger partial charge in [-0.1, -0.05) is 26.0 Å². The van der Waals surface area contributed by atoms with Gasteiger partial charge < -0.3 is 14.0 Å². The number of hydrogen-bond donors (Lipinski definition) is 0. The monoisotopic (exact) mass is 557 g/mol. The van der Waals surface area contributed by atoms with Crippen molar-refractivity contribution < 1.29 is 18.7 Å². The highest BCUT2D eigenvalue weighted by molar-refractivity contribution is 5.77. The summed E-state index contributed by atoms with van der Waals surface area (Å²) in [4.78, 5) is 28.9. The molecule has 1 aliphatic rings. The van der Waals surface area contributed by atoms with E-state index >= 15 is 0 Å². The summed E-state index contributed by atoms with van der Waals surface area (Å²) in [5.41, 5.74) is 3.18. The first-order valence-corrected chi connectivity index (χ1v) is 14.0. The number of hydrogen-bond acceptors (Lipinski definition) is 6. The van der Waals surface area contributed by atoms with Crippen LogP contribution in [0.2, 0.25) is 0 Å². The molecule has 41 heavy (non-hydrogen) atoms. The van der Waals surface area contributed by atoms with Gasteiger partial charge in [0.25, 0.3) is 0 Å². The molecule has 5 rings (SSSR count). The summed E-state index contributed by atoms with van der Waals surface area (Å²) in [7, 11) is 0. The molecular formula is C32H36FN5O3. The molecule has 0 aliphatic carbocycles. The quantitative estimate of drug-likeness (QED) is 0.239. The number of halogens is 1. The molecule has 3 heterocycles. The smallest absolute Gasteiger partial charge is 0.411 e. The maximum atomic E-state index is 13.8. The number of imidazole rings is 1. The van der Waals surface area contributed by atoms with E-state index in [0.717, 1.165) is 24.8 Å². The minimum Gasteiger partial charge on any atom is -0.444 e. The summed E-state index contributed by atoms with van der Waals surface area (Å²) in [5.74, 6) is 0.704. The number of carbonyl (C=O) groups excluding carboxylic acids is 1. The average molecular weight is 558 g/mol. The maximum Gasteiger partial charge on any atom is 0.411 e. The summed E-state index contributed by atoms with van der Waals surface area (Å²) in [6.07, 6.45) is 5.19.